The monoisotopic (exact) mass is 260 g/mol. The van der Waals surface area contributed by atoms with E-state index in [9.17, 15) is 0 Å². The van der Waals surface area contributed by atoms with Crippen molar-refractivity contribution in [3.8, 4) is 0 Å². The number of pyridine rings is 1. The summed E-state index contributed by atoms with van der Waals surface area (Å²) < 4.78 is 0. The van der Waals surface area contributed by atoms with Gasteiger partial charge in [-0.2, -0.15) is 0 Å². The van der Waals surface area contributed by atoms with Crippen LogP contribution in [-0.2, 0) is 0 Å². The minimum atomic E-state index is 0.364. The number of aromatic nitrogens is 1. The Kier molecular flexibility index (Phi) is 3.37. The van der Waals surface area contributed by atoms with Gasteiger partial charge in [-0.3, -0.25) is 0 Å². The van der Waals surface area contributed by atoms with Gasteiger partial charge in [0.1, 0.15) is 5.82 Å². The number of anilines is 1. The number of alkyl halides is 1. The highest BCUT2D eigenvalue weighted by atomic mass is 35.5. The van der Waals surface area contributed by atoms with Gasteiger partial charge in [-0.15, -0.1) is 11.6 Å². The summed E-state index contributed by atoms with van der Waals surface area (Å²) in [5, 5.41) is 6.38. The van der Waals surface area contributed by atoms with Crippen LogP contribution in [0.2, 0.25) is 0 Å². The molecule has 0 atom stereocenters. The second-order valence-corrected chi connectivity index (χ2v) is 5.59. The molecule has 0 spiro atoms. The Labute approximate surface area is 112 Å². The van der Waals surface area contributed by atoms with Gasteiger partial charge in [0.15, 0.2) is 0 Å². The van der Waals surface area contributed by atoms with Crippen molar-refractivity contribution < 1.29 is 0 Å². The van der Waals surface area contributed by atoms with Crippen molar-refractivity contribution in [3.63, 3.8) is 0 Å². The van der Waals surface area contributed by atoms with Gasteiger partial charge in [0.2, 0.25) is 0 Å². The van der Waals surface area contributed by atoms with Crippen molar-refractivity contribution in [1.82, 2.24) is 4.98 Å². The Bertz CT molecular complexity index is 528. The predicted molar refractivity (Wildman–Crippen MR) is 77.3 cm³/mol. The second-order valence-electron chi connectivity index (χ2n) is 4.97. The Morgan fingerprint density at radius 1 is 1.06 bits per heavy atom. The van der Waals surface area contributed by atoms with E-state index in [4.69, 9.17) is 11.6 Å². The van der Waals surface area contributed by atoms with Crippen molar-refractivity contribution in [1.29, 1.82) is 0 Å². The van der Waals surface area contributed by atoms with E-state index in [0.29, 0.717) is 11.4 Å². The first-order valence-electron chi connectivity index (χ1n) is 6.57. The molecule has 18 heavy (non-hydrogen) atoms. The van der Waals surface area contributed by atoms with Gasteiger partial charge in [-0.05, 0) is 37.1 Å². The van der Waals surface area contributed by atoms with Gasteiger partial charge in [0.25, 0.3) is 0 Å². The Balaban J connectivity index is 1.82. The van der Waals surface area contributed by atoms with Crippen LogP contribution in [0.15, 0.2) is 36.5 Å². The summed E-state index contributed by atoms with van der Waals surface area (Å²) in [6.45, 7) is 0. The van der Waals surface area contributed by atoms with E-state index in [2.05, 4.69) is 40.6 Å². The number of benzene rings is 1. The Morgan fingerprint density at radius 2 is 1.83 bits per heavy atom. The molecule has 1 aromatic heterocycles. The lowest BCUT2D eigenvalue weighted by Crippen LogP contribution is -2.26. The first-order chi connectivity index (χ1) is 8.83. The van der Waals surface area contributed by atoms with Gasteiger partial charge in [0, 0.05) is 23.0 Å². The van der Waals surface area contributed by atoms with Crippen LogP contribution < -0.4 is 5.32 Å². The standard InChI is InChI=1S/C15H17ClN2/c16-12-5-7-13(8-6-12)18-15-14-4-2-1-3-11(14)9-10-17-15/h1-4,9-10,12-13H,5-8H2,(H,17,18). The minimum absolute atomic E-state index is 0.364. The second kappa shape index (κ2) is 5.15. The fraction of sp³-hybridized carbons (Fsp3) is 0.400. The maximum atomic E-state index is 6.14. The maximum Gasteiger partial charge on any atom is 0.134 e. The molecule has 0 bridgehead atoms. The van der Waals surface area contributed by atoms with Crippen LogP contribution in [0, 0.1) is 0 Å². The molecule has 1 heterocycles. The topological polar surface area (TPSA) is 24.9 Å². The van der Waals surface area contributed by atoms with Crippen molar-refractivity contribution >= 4 is 28.2 Å². The highest BCUT2D eigenvalue weighted by Gasteiger charge is 2.19. The Morgan fingerprint density at radius 3 is 2.67 bits per heavy atom. The lowest BCUT2D eigenvalue weighted by molar-refractivity contribution is 0.468. The number of hydrogen-bond acceptors (Lipinski definition) is 2. The van der Waals surface area contributed by atoms with E-state index >= 15 is 0 Å². The summed E-state index contributed by atoms with van der Waals surface area (Å²) >= 11 is 6.14. The molecule has 3 heteroatoms. The third-order valence-electron chi connectivity index (χ3n) is 3.67. The highest BCUT2D eigenvalue weighted by molar-refractivity contribution is 6.20. The van der Waals surface area contributed by atoms with Gasteiger partial charge in [0.05, 0.1) is 0 Å². The molecule has 2 nitrogen and oxygen atoms in total. The first kappa shape index (κ1) is 11.8. The number of halogens is 1. The molecule has 0 radical (unpaired) electrons. The molecule has 1 N–H and O–H groups in total. The molecule has 2 aromatic rings. The van der Waals surface area contributed by atoms with E-state index in [-0.39, 0.29) is 0 Å². The fourth-order valence-electron chi connectivity index (χ4n) is 2.63. The van der Waals surface area contributed by atoms with Crippen LogP contribution in [0.4, 0.5) is 5.82 Å². The number of hydrogen-bond donors (Lipinski definition) is 1. The highest BCUT2D eigenvalue weighted by Crippen LogP contribution is 2.27. The third-order valence-corrected chi connectivity index (χ3v) is 4.11. The number of nitrogens with zero attached hydrogens (tertiary/aromatic N) is 1. The maximum absolute atomic E-state index is 6.14. The van der Waals surface area contributed by atoms with Crippen molar-refractivity contribution in [2.45, 2.75) is 37.1 Å². The van der Waals surface area contributed by atoms with Crippen molar-refractivity contribution in [2.24, 2.45) is 0 Å². The van der Waals surface area contributed by atoms with Crippen molar-refractivity contribution in [3.05, 3.63) is 36.5 Å². The lowest BCUT2D eigenvalue weighted by Gasteiger charge is -2.26. The molecule has 1 fully saturated rings. The van der Waals surface area contributed by atoms with Crippen LogP contribution in [0.3, 0.4) is 0 Å². The van der Waals surface area contributed by atoms with Gasteiger partial charge < -0.3 is 5.32 Å². The molecule has 1 aliphatic rings. The largest absolute Gasteiger partial charge is 0.367 e. The molecule has 3 rings (SSSR count). The summed E-state index contributed by atoms with van der Waals surface area (Å²) in [5.41, 5.74) is 0. The molecule has 0 aliphatic heterocycles. The van der Waals surface area contributed by atoms with Gasteiger partial charge in [-0.25, -0.2) is 4.98 Å². The summed E-state index contributed by atoms with van der Waals surface area (Å²) in [4.78, 5) is 4.48. The van der Waals surface area contributed by atoms with Gasteiger partial charge >= 0.3 is 0 Å². The number of nitrogens with one attached hydrogen (secondary N) is 1. The van der Waals surface area contributed by atoms with Crippen LogP contribution in [0.25, 0.3) is 10.8 Å². The predicted octanol–water partition coefficient (Wildman–Crippen LogP) is 4.20. The molecule has 1 aliphatic carbocycles. The van der Waals surface area contributed by atoms with E-state index in [1.165, 1.54) is 10.8 Å². The summed E-state index contributed by atoms with van der Waals surface area (Å²) in [6.07, 6.45) is 6.35. The Hall–Kier alpha value is -1.28. The fourth-order valence-corrected chi connectivity index (χ4v) is 2.88. The van der Waals surface area contributed by atoms with Crippen LogP contribution in [-0.4, -0.2) is 16.4 Å². The summed E-state index contributed by atoms with van der Waals surface area (Å²) in [5.74, 6) is 1.01. The zero-order valence-electron chi connectivity index (χ0n) is 10.3. The van der Waals surface area contributed by atoms with E-state index in [1.807, 2.05) is 6.20 Å². The average molecular weight is 261 g/mol. The molecule has 1 saturated carbocycles. The smallest absolute Gasteiger partial charge is 0.134 e. The SMILES string of the molecule is ClC1CCC(Nc2nccc3ccccc23)CC1. The van der Waals surface area contributed by atoms with E-state index in [0.717, 1.165) is 31.5 Å². The summed E-state index contributed by atoms with van der Waals surface area (Å²) in [6, 6.07) is 10.9. The molecule has 1 aromatic carbocycles. The normalized spacial score (nSPS) is 24.1. The molecule has 94 valence electrons. The first-order valence-corrected chi connectivity index (χ1v) is 7.01. The number of fused-ring (bicyclic) bond motifs is 1. The van der Waals surface area contributed by atoms with Crippen LogP contribution in [0.1, 0.15) is 25.7 Å². The molecular formula is C15H17ClN2. The van der Waals surface area contributed by atoms with Crippen LogP contribution >= 0.6 is 11.6 Å². The summed E-state index contributed by atoms with van der Waals surface area (Å²) in [7, 11) is 0. The molecular weight excluding hydrogens is 244 g/mol. The quantitative estimate of drug-likeness (QED) is 0.819. The number of rotatable bonds is 2. The lowest BCUT2D eigenvalue weighted by atomic mass is 9.95. The van der Waals surface area contributed by atoms with E-state index in [1.54, 1.807) is 0 Å². The zero-order chi connectivity index (χ0) is 12.4. The van der Waals surface area contributed by atoms with Crippen LogP contribution in [0.5, 0.6) is 0 Å². The van der Waals surface area contributed by atoms with E-state index < -0.39 is 0 Å². The molecule has 0 unspecified atom stereocenters. The average Bonchev–Trinajstić information content (AvgIpc) is 2.42. The van der Waals surface area contributed by atoms with Crippen molar-refractivity contribution in [2.75, 3.05) is 5.32 Å². The minimum Gasteiger partial charge on any atom is -0.367 e. The zero-order valence-corrected chi connectivity index (χ0v) is 11.0. The molecule has 0 saturated heterocycles. The molecule has 0 amide bonds. The van der Waals surface area contributed by atoms with Gasteiger partial charge in [-0.1, -0.05) is 24.3 Å². The third kappa shape index (κ3) is 2.44.